The molecule has 0 amide bonds. The van der Waals surface area contributed by atoms with Crippen LogP contribution < -0.4 is 10.2 Å². The van der Waals surface area contributed by atoms with Crippen LogP contribution in [-0.2, 0) is 6.54 Å². The van der Waals surface area contributed by atoms with Crippen molar-refractivity contribution in [1.29, 1.82) is 0 Å². The molecule has 1 aromatic heterocycles. The van der Waals surface area contributed by atoms with Crippen LogP contribution in [0.25, 0.3) is 0 Å². The summed E-state index contributed by atoms with van der Waals surface area (Å²) in [6, 6.07) is 2.74. The maximum absolute atomic E-state index is 4.63. The predicted octanol–water partition coefficient (Wildman–Crippen LogP) is 2.28. The average Bonchev–Trinajstić information content (AvgIpc) is 2.35. The highest BCUT2D eigenvalue weighted by Gasteiger charge is 2.07. The van der Waals surface area contributed by atoms with Gasteiger partial charge in [-0.3, -0.25) is 0 Å². The quantitative estimate of drug-likeness (QED) is 0.790. The Morgan fingerprint density at radius 2 is 1.90 bits per heavy atom. The van der Waals surface area contributed by atoms with E-state index >= 15 is 0 Å². The first-order chi connectivity index (χ1) is 9.40. The molecule has 1 N–H and O–H groups in total. The fourth-order valence-electron chi connectivity index (χ4n) is 2.17. The lowest BCUT2D eigenvalue weighted by Gasteiger charge is -2.21. The van der Waals surface area contributed by atoms with Crippen molar-refractivity contribution in [1.82, 2.24) is 15.2 Å². The van der Waals surface area contributed by atoms with Gasteiger partial charge in [-0.25, -0.2) is 4.98 Å². The highest BCUT2D eigenvalue weighted by molar-refractivity contribution is 5.46. The third kappa shape index (κ3) is 5.88. The van der Waals surface area contributed by atoms with Crippen LogP contribution in [0.4, 0.5) is 5.82 Å². The average molecular weight is 278 g/mol. The highest BCUT2D eigenvalue weighted by atomic mass is 15.2. The number of nitrogens with zero attached hydrogens (tertiary/aromatic N) is 3. The monoisotopic (exact) mass is 278 g/mol. The fourth-order valence-corrected chi connectivity index (χ4v) is 2.17. The molecule has 0 radical (unpaired) electrons. The van der Waals surface area contributed by atoms with Crippen LogP contribution in [0.3, 0.4) is 0 Å². The van der Waals surface area contributed by atoms with Crippen LogP contribution in [0.1, 0.15) is 31.4 Å². The minimum absolute atomic E-state index is 0.503. The van der Waals surface area contributed by atoms with Crippen LogP contribution >= 0.6 is 0 Å². The second kappa shape index (κ2) is 8.22. The predicted molar refractivity (Wildman–Crippen MR) is 87.4 cm³/mol. The minimum atomic E-state index is 0.503. The third-order valence-electron chi connectivity index (χ3n) is 3.28. The van der Waals surface area contributed by atoms with Crippen molar-refractivity contribution < 1.29 is 0 Å². The topological polar surface area (TPSA) is 31.4 Å². The summed E-state index contributed by atoms with van der Waals surface area (Å²) in [5.74, 6) is 1.09. The van der Waals surface area contributed by atoms with Gasteiger partial charge in [0.1, 0.15) is 5.82 Å². The number of rotatable bonds is 8. The summed E-state index contributed by atoms with van der Waals surface area (Å²) in [5.41, 5.74) is 2.50. The number of aryl methyl sites for hydroxylation is 1. The number of anilines is 1. The first-order valence-corrected chi connectivity index (χ1v) is 7.45. The standard InChI is InChI=1S/C16H30N4/c1-13(2)17-11-15-10-14(3)16(18-12-15)20(6)9-7-8-19(4)5/h10,12-13,17H,7-9,11H2,1-6H3. The van der Waals surface area contributed by atoms with Gasteiger partial charge in [0.15, 0.2) is 0 Å². The van der Waals surface area contributed by atoms with E-state index in [1.807, 2.05) is 6.20 Å². The zero-order valence-electron chi connectivity index (χ0n) is 13.9. The summed E-state index contributed by atoms with van der Waals surface area (Å²) in [5, 5.41) is 3.43. The molecule has 1 heterocycles. The second-order valence-corrected chi connectivity index (χ2v) is 6.10. The Kier molecular flexibility index (Phi) is 6.96. The van der Waals surface area contributed by atoms with Gasteiger partial charge < -0.3 is 15.1 Å². The first kappa shape index (κ1) is 16.9. The molecule has 4 nitrogen and oxygen atoms in total. The first-order valence-electron chi connectivity index (χ1n) is 7.45. The number of nitrogens with one attached hydrogen (secondary N) is 1. The smallest absolute Gasteiger partial charge is 0.131 e. The zero-order chi connectivity index (χ0) is 15.1. The molecular weight excluding hydrogens is 248 g/mol. The number of hydrogen-bond acceptors (Lipinski definition) is 4. The molecule has 0 bridgehead atoms. The molecule has 0 spiro atoms. The van der Waals surface area contributed by atoms with E-state index in [1.165, 1.54) is 11.1 Å². The van der Waals surface area contributed by atoms with E-state index in [9.17, 15) is 0 Å². The van der Waals surface area contributed by atoms with Crippen molar-refractivity contribution in [3.63, 3.8) is 0 Å². The molecule has 0 unspecified atom stereocenters. The Balaban J connectivity index is 2.58. The van der Waals surface area contributed by atoms with Gasteiger partial charge >= 0.3 is 0 Å². The summed E-state index contributed by atoms with van der Waals surface area (Å²) in [7, 11) is 6.34. The van der Waals surface area contributed by atoms with Crippen molar-refractivity contribution in [2.24, 2.45) is 0 Å². The van der Waals surface area contributed by atoms with Crippen LogP contribution in [0, 0.1) is 6.92 Å². The van der Waals surface area contributed by atoms with Gasteiger partial charge in [-0.15, -0.1) is 0 Å². The highest BCUT2D eigenvalue weighted by Crippen LogP contribution is 2.17. The summed E-state index contributed by atoms with van der Waals surface area (Å²) in [6.45, 7) is 9.50. The Morgan fingerprint density at radius 1 is 1.20 bits per heavy atom. The van der Waals surface area contributed by atoms with Crippen molar-refractivity contribution in [3.8, 4) is 0 Å². The lowest BCUT2D eigenvalue weighted by Crippen LogP contribution is -2.25. The van der Waals surface area contributed by atoms with E-state index in [4.69, 9.17) is 0 Å². The van der Waals surface area contributed by atoms with Gasteiger partial charge in [-0.05, 0) is 51.2 Å². The number of pyridine rings is 1. The Hall–Kier alpha value is -1.13. The molecule has 0 aromatic carbocycles. The lowest BCUT2D eigenvalue weighted by atomic mass is 10.2. The Morgan fingerprint density at radius 3 is 2.45 bits per heavy atom. The molecule has 0 aliphatic rings. The van der Waals surface area contributed by atoms with E-state index in [-0.39, 0.29) is 0 Å². The molecule has 0 aliphatic heterocycles. The minimum Gasteiger partial charge on any atom is -0.359 e. The van der Waals surface area contributed by atoms with Crippen LogP contribution in [0.5, 0.6) is 0 Å². The molecule has 1 aromatic rings. The van der Waals surface area contributed by atoms with Crippen LogP contribution in [0.15, 0.2) is 12.3 Å². The van der Waals surface area contributed by atoms with E-state index in [1.54, 1.807) is 0 Å². The molecule has 0 saturated heterocycles. The zero-order valence-corrected chi connectivity index (χ0v) is 13.9. The van der Waals surface area contributed by atoms with Crippen molar-refractivity contribution in [3.05, 3.63) is 23.4 Å². The van der Waals surface area contributed by atoms with Gasteiger partial charge in [0.25, 0.3) is 0 Å². The SMILES string of the molecule is Cc1cc(CNC(C)C)cnc1N(C)CCCN(C)C. The Bertz CT molecular complexity index is 401. The van der Waals surface area contributed by atoms with Gasteiger partial charge in [0.2, 0.25) is 0 Å². The molecule has 0 saturated carbocycles. The second-order valence-electron chi connectivity index (χ2n) is 6.10. The summed E-state index contributed by atoms with van der Waals surface area (Å²) < 4.78 is 0. The van der Waals surface area contributed by atoms with Crippen LogP contribution in [-0.4, -0.2) is 50.2 Å². The molecule has 0 aliphatic carbocycles. The van der Waals surface area contributed by atoms with E-state index in [0.717, 1.165) is 31.9 Å². The largest absolute Gasteiger partial charge is 0.359 e. The molecule has 0 atom stereocenters. The Labute approximate surface area is 124 Å². The third-order valence-corrected chi connectivity index (χ3v) is 3.28. The molecule has 20 heavy (non-hydrogen) atoms. The van der Waals surface area contributed by atoms with Gasteiger partial charge in [0, 0.05) is 32.4 Å². The van der Waals surface area contributed by atoms with Crippen molar-refractivity contribution in [2.45, 2.75) is 39.8 Å². The number of hydrogen-bond donors (Lipinski definition) is 1. The molecule has 114 valence electrons. The van der Waals surface area contributed by atoms with E-state index in [2.05, 4.69) is 68.1 Å². The maximum Gasteiger partial charge on any atom is 0.131 e. The van der Waals surface area contributed by atoms with Crippen molar-refractivity contribution in [2.75, 3.05) is 39.1 Å². The lowest BCUT2D eigenvalue weighted by molar-refractivity contribution is 0.401. The summed E-state index contributed by atoms with van der Waals surface area (Å²) in [4.78, 5) is 9.09. The normalized spacial score (nSPS) is 11.4. The van der Waals surface area contributed by atoms with Crippen molar-refractivity contribution >= 4 is 5.82 Å². The van der Waals surface area contributed by atoms with Crippen LogP contribution in [0.2, 0.25) is 0 Å². The molecule has 0 fully saturated rings. The number of aromatic nitrogens is 1. The molecule has 1 rings (SSSR count). The van der Waals surface area contributed by atoms with Gasteiger partial charge in [-0.1, -0.05) is 13.8 Å². The molecule has 4 heteroatoms. The van der Waals surface area contributed by atoms with E-state index < -0.39 is 0 Å². The van der Waals surface area contributed by atoms with Gasteiger partial charge in [0.05, 0.1) is 0 Å². The summed E-state index contributed by atoms with van der Waals surface area (Å²) in [6.07, 6.45) is 3.14. The maximum atomic E-state index is 4.63. The van der Waals surface area contributed by atoms with E-state index in [0.29, 0.717) is 6.04 Å². The summed E-state index contributed by atoms with van der Waals surface area (Å²) >= 11 is 0. The molecular formula is C16H30N4. The van der Waals surface area contributed by atoms with Gasteiger partial charge in [-0.2, -0.15) is 0 Å². The fraction of sp³-hybridized carbons (Fsp3) is 0.688.